The van der Waals surface area contributed by atoms with Crippen molar-refractivity contribution in [2.75, 3.05) is 54.6 Å². The minimum absolute atomic E-state index is 0.0499. The van der Waals surface area contributed by atoms with Crippen LogP contribution in [0, 0.1) is 0 Å². The van der Waals surface area contributed by atoms with Crippen LogP contribution in [0.2, 0.25) is 5.02 Å². The Labute approximate surface area is 237 Å². The van der Waals surface area contributed by atoms with Crippen LogP contribution in [-0.4, -0.2) is 75.6 Å². The standard InChI is InChI=1S/C31H41ClN2O5/c1-6-7-8-25(29(35)22-9-12-24-21(19-22)10-13-26(36-2)28(24)32)34-17-15-33(16-18-34)20-23-11-14-27(37-3)31(39-5)30(23)38-4/h9-14,19,25,29,35H,6-8,15-18,20H2,1-5H3/t25-,29-/m0/s1. The Morgan fingerprint density at radius 3 is 2.18 bits per heavy atom. The first-order valence-corrected chi connectivity index (χ1v) is 14.0. The molecule has 1 fully saturated rings. The highest BCUT2D eigenvalue weighted by Gasteiger charge is 2.30. The summed E-state index contributed by atoms with van der Waals surface area (Å²) >= 11 is 6.53. The maximum Gasteiger partial charge on any atom is 0.203 e. The van der Waals surface area contributed by atoms with Gasteiger partial charge in [-0.1, -0.05) is 55.6 Å². The fourth-order valence-corrected chi connectivity index (χ4v) is 5.90. The third-order valence-electron chi connectivity index (χ3n) is 7.78. The zero-order chi connectivity index (χ0) is 27.9. The number of benzene rings is 3. The Balaban J connectivity index is 1.48. The number of rotatable bonds is 12. The fraction of sp³-hybridized carbons (Fsp3) is 0.484. The lowest BCUT2D eigenvalue weighted by atomic mass is 9.94. The van der Waals surface area contributed by atoms with Crippen molar-refractivity contribution in [1.82, 2.24) is 9.80 Å². The average Bonchev–Trinajstić information content (AvgIpc) is 2.97. The van der Waals surface area contributed by atoms with E-state index < -0.39 is 6.10 Å². The normalized spacial score (nSPS) is 16.2. The zero-order valence-electron chi connectivity index (χ0n) is 23.7. The molecule has 0 saturated carbocycles. The van der Waals surface area contributed by atoms with Crippen LogP contribution < -0.4 is 18.9 Å². The van der Waals surface area contributed by atoms with E-state index in [9.17, 15) is 5.11 Å². The topological polar surface area (TPSA) is 63.6 Å². The molecule has 0 spiro atoms. The van der Waals surface area contributed by atoms with Crippen molar-refractivity contribution in [3.8, 4) is 23.0 Å². The minimum Gasteiger partial charge on any atom is -0.495 e. The zero-order valence-corrected chi connectivity index (χ0v) is 24.5. The van der Waals surface area contributed by atoms with E-state index in [1.54, 1.807) is 28.4 Å². The summed E-state index contributed by atoms with van der Waals surface area (Å²) in [4.78, 5) is 4.88. The van der Waals surface area contributed by atoms with Crippen molar-refractivity contribution < 1.29 is 24.1 Å². The van der Waals surface area contributed by atoms with Gasteiger partial charge in [0.25, 0.3) is 0 Å². The molecule has 1 aliphatic heterocycles. The van der Waals surface area contributed by atoms with Crippen molar-refractivity contribution >= 4 is 22.4 Å². The molecule has 7 nitrogen and oxygen atoms in total. The van der Waals surface area contributed by atoms with Crippen LogP contribution in [0.4, 0.5) is 0 Å². The largest absolute Gasteiger partial charge is 0.495 e. The Kier molecular flexibility index (Phi) is 10.2. The van der Waals surface area contributed by atoms with Crippen LogP contribution in [0.1, 0.15) is 43.4 Å². The number of methoxy groups -OCH3 is 4. The van der Waals surface area contributed by atoms with Crippen LogP contribution in [0.25, 0.3) is 10.8 Å². The molecule has 0 amide bonds. The number of nitrogens with zero attached hydrogens (tertiary/aromatic N) is 2. The lowest BCUT2D eigenvalue weighted by molar-refractivity contribution is 0.0111. The van der Waals surface area contributed by atoms with E-state index in [1.807, 2.05) is 36.4 Å². The number of piperazine rings is 1. The lowest BCUT2D eigenvalue weighted by Crippen LogP contribution is -2.51. The van der Waals surface area contributed by atoms with E-state index in [-0.39, 0.29) is 6.04 Å². The van der Waals surface area contributed by atoms with Crippen molar-refractivity contribution in [1.29, 1.82) is 0 Å². The van der Waals surface area contributed by atoms with Gasteiger partial charge in [0.2, 0.25) is 5.75 Å². The molecule has 212 valence electrons. The average molecular weight is 557 g/mol. The molecule has 8 heteroatoms. The number of ether oxygens (including phenoxy) is 4. The fourth-order valence-electron chi connectivity index (χ4n) is 5.59. The molecule has 2 atom stereocenters. The first-order chi connectivity index (χ1) is 18.9. The van der Waals surface area contributed by atoms with E-state index in [4.69, 9.17) is 30.5 Å². The van der Waals surface area contributed by atoms with Gasteiger partial charge in [-0.05, 0) is 35.6 Å². The molecule has 1 N–H and O–H groups in total. The summed E-state index contributed by atoms with van der Waals surface area (Å²) in [6, 6.07) is 13.9. The number of aliphatic hydroxyl groups is 1. The summed E-state index contributed by atoms with van der Waals surface area (Å²) in [6.07, 6.45) is 2.53. The summed E-state index contributed by atoms with van der Waals surface area (Å²) < 4.78 is 22.1. The van der Waals surface area contributed by atoms with Gasteiger partial charge in [0.15, 0.2) is 11.5 Å². The second kappa shape index (κ2) is 13.6. The Hall–Kier alpha value is -2.71. The second-order valence-electron chi connectivity index (χ2n) is 10.0. The quantitative estimate of drug-likeness (QED) is 0.296. The predicted molar refractivity (Wildman–Crippen MR) is 157 cm³/mol. The van der Waals surface area contributed by atoms with E-state index in [0.29, 0.717) is 28.0 Å². The van der Waals surface area contributed by atoms with E-state index in [2.05, 4.69) is 22.8 Å². The second-order valence-corrected chi connectivity index (χ2v) is 10.4. The van der Waals surface area contributed by atoms with Crippen LogP contribution in [0.3, 0.4) is 0 Å². The molecule has 0 aliphatic carbocycles. The summed E-state index contributed by atoms with van der Waals surface area (Å²) in [6.45, 7) is 6.53. The first kappa shape index (κ1) is 29.3. The maximum atomic E-state index is 11.6. The van der Waals surface area contributed by atoms with Gasteiger partial charge in [-0.15, -0.1) is 0 Å². The van der Waals surface area contributed by atoms with E-state index in [1.165, 1.54) is 0 Å². The predicted octanol–water partition coefficient (Wildman–Crippen LogP) is 5.94. The highest BCUT2D eigenvalue weighted by Crippen LogP contribution is 2.40. The number of fused-ring (bicyclic) bond motifs is 1. The molecule has 39 heavy (non-hydrogen) atoms. The molecule has 0 unspecified atom stereocenters. The van der Waals surface area contributed by atoms with Gasteiger partial charge in [0, 0.05) is 49.7 Å². The van der Waals surface area contributed by atoms with Gasteiger partial charge in [0.1, 0.15) is 5.75 Å². The summed E-state index contributed by atoms with van der Waals surface area (Å²) in [5, 5.41) is 14.1. The number of halogens is 1. The van der Waals surface area contributed by atoms with Crippen LogP contribution in [0.5, 0.6) is 23.0 Å². The van der Waals surface area contributed by atoms with Crippen LogP contribution in [-0.2, 0) is 6.54 Å². The Morgan fingerprint density at radius 2 is 1.54 bits per heavy atom. The molecule has 4 rings (SSSR count). The monoisotopic (exact) mass is 556 g/mol. The SMILES string of the molecule is CCCC[C@@H]([C@@H](O)c1ccc2c(Cl)c(OC)ccc2c1)N1CCN(Cc2ccc(OC)c(OC)c2OC)CC1. The van der Waals surface area contributed by atoms with Crippen molar-refractivity contribution in [3.63, 3.8) is 0 Å². The molecule has 1 saturated heterocycles. The third-order valence-corrected chi connectivity index (χ3v) is 8.17. The molecule has 3 aromatic rings. The Bertz CT molecular complexity index is 1250. The lowest BCUT2D eigenvalue weighted by Gasteiger charge is -2.41. The highest BCUT2D eigenvalue weighted by atomic mass is 35.5. The highest BCUT2D eigenvalue weighted by molar-refractivity contribution is 6.37. The van der Waals surface area contributed by atoms with Crippen molar-refractivity contribution in [3.05, 3.63) is 58.6 Å². The van der Waals surface area contributed by atoms with Gasteiger partial charge < -0.3 is 24.1 Å². The molecule has 0 aromatic heterocycles. The van der Waals surface area contributed by atoms with Crippen molar-refractivity contribution in [2.45, 2.75) is 44.9 Å². The molecule has 1 heterocycles. The smallest absolute Gasteiger partial charge is 0.203 e. The van der Waals surface area contributed by atoms with Gasteiger partial charge in [0.05, 0.1) is 39.6 Å². The summed E-state index contributed by atoms with van der Waals surface area (Å²) in [5.41, 5.74) is 1.99. The Morgan fingerprint density at radius 1 is 0.846 bits per heavy atom. The molecule has 3 aromatic carbocycles. The summed E-state index contributed by atoms with van der Waals surface area (Å²) in [7, 11) is 6.54. The molecule has 0 radical (unpaired) electrons. The third kappa shape index (κ3) is 6.38. The molecule has 0 bridgehead atoms. The van der Waals surface area contributed by atoms with E-state index >= 15 is 0 Å². The molecular weight excluding hydrogens is 516 g/mol. The van der Waals surface area contributed by atoms with Crippen LogP contribution >= 0.6 is 11.6 Å². The number of unbranched alkanes of at least 4 members (excludes halogenated alkanes) is 1. The van der Waals surface area contributed by atoms with Crippen molar-refractivity contribution in [2.24, 2.45) is 0 Å². The van der Waals surface area contributed by atoms with Gasteiger partial charge in [-0.3, -0.25) is 9.80 Å². The minimum atomic E-state index is -0.584. The number of hydrogen-bond acceptors (Lipinski definition) is 7. The van der Waals surface area contributed by atoms with Gasteiger partial charge in [-0.25, -0.2) is 0 Å². The molecular formula is C31H41ClN2O5. The van der Waals surface area contributed by atoms with Gasteiger partial charge >= 0.3 is 0 Å². The van der Waals surface area contributed by atoms with Gasteiger partial charge in [-0.2, -0.15) is 0 Å². The molecule has 1 aliphatic rings. The number of hydrogen-bond donors (Lipinski definition) is 1. The summed E-state index contributed by atoms with van der Waals surface area (Å²) in [5.74, 6) is 2.64. The number of aliphatic hydroxyl groups excluding tert-OH is 1. The first-order valence-electron chi connectivity index (χ1n) is 13.6. The van der Waals surface area contributed by atoms with E-state index in [0.717, 1.165) is 73.9 Å². The van der Waals surface area contributed by atoms with Crippen LogP contribution in [0.15, 0.2) is 42.5 Å². The maximum absolute atomic E-state index is 11.6.